The summed E-state index contributed by atoms with van der Waals surface area (Å²) in [5.74, 6) is 0.563. The molecule has 1 aromatic rings. The second kappa shape index (κ2) is 7.43. The first-order valence-corrected chi connectivity index (χ1v) is 7.92. The molecule has 8 heteroatoms. The van der Waals surface area contributed by atoms with Gasteiger partial charge in [0.25, 0.3) is 0 Å². The number of allylic oxidation sites excluding steroid dienone is 1. The lowest BCUT2D eigenvalue weighted by molar-refractivity contribution is -0.0549. The number of nitrogen functional groups attached to an aromatic ring is 1. The monoisotopic (exact) mass is 339 g/mol. The zero-order chi connectivity index (χ0) is 18.0. The lowest BCUT2D eigenvalue weighted by atomic mass is 10.0. The third kappa shape index (κ3) is 3.84. The maximum absolute atomic E-state index is 12.1. The van der Waals surface area contributed by atoms with Crippen molar-refractivity contribution in [1.82, 2.24) is 9.55 Å². The topological polar surface area (TPSA) is 131 Å². The van der Waals surface area contributed by atoms with Crippen molar-refractivity contribution in [3.8, 4) is 0 Å². The van der Waals surface area contributed by atoms with Crippen molar-refractivity contribution in [1.29, 1.82) is 0 Å². The zero-order valence-corrected chi connectivity index (χ0v) is 14.1. The molecule has 1 fully saturated rings. The van der Waals surface area contributed by atoms with E-state index in [1.54, 1.807) is 0 Å². The van der Waals surface area contributed by atoms with Gasteiger partial charge in [0.15, 0.2) is 6.23 Å². The number of aliphatic hydroxyl groups is 3. The van der Waals surface area contributed by atoms with Gasteiger partial charge >= 0.3 is 5.69 Å². The van der Waals surface area contributed by atoms with Gasteiger partial charge in [-0.25, -0.2) is 4.79 Å². The highest BCUT2D eigenvalue weighted by molar-refractivity contribution is 5.61. The van der Waals surface area contributed by atoms with Gasteiger partial charge in [0.1, 0.15) is 24.1 Å². The van der Waals surface area contributed by atoms with Crippen LogP contribution in [0.25, 0.3) is 6.08 Å². The van der Waals surface area contributed by atoms with Crippen LogP contribution in [-0.2, 0) is 4.74 Å². The molecular formula is C16H25N3O5. The van der Waals surface area contributed by atoms with E-state index in [1.165, 1.54) is 6.20 Å². The molecule has 1 aliphatic heterocycles. The van der Waals surface area contributed by atoms with Gasteiger partial charge in [-0.15, -0.1) is 0 Å². The van der Waals surface area contributed by atoms with Gasteiger partial charge in [-0.1, -0.05) is 25.5 Å². The molecule has 0 aliphatic carbocycles. The normalized spacial score (nSPS) is 27.9. The Labute approximate surface area is 140 Å². The number of nitrogens with zero attached hydrogens (tertiary/aromatic N) is 2. The fraction of sp³-hybridized carbons (Fsp3) is 0.625. The van der Waals surface area contributed by atoms with E-state index in [4.69, 9.17) is 15.6 Å². The van der Waals surface area contributed by atoms with Crippen LogP contribution in [0.15, 0.2) is 16.6 Å². The first-order chi connectivity index (χ1) is 11.2. The summed E-state index contributed by atoms with van der Waals surface area (Å²) in [5, 5.41) is 29.1. The summed E-state index contributed by atoms with van der Waals surface area (Å²) in [4.78, 5) is 15.9. The molecule has 0 unspecified atom stereocenters. The van der Waals surface area contributed by atoms with E-state index in [2.05, 4.69) is 18.8 Å². The molecule has 0 amide bonds. The maximum atomic E-state index is 12.1. The molecule has 0 aromatic carbocycles. The van der Waals surface area contributed by atoms with E-state index in [1.807, 2.05) is 13.0 Å². The Morgan fingerprint density at radius 1 is 1.46 bits per heavy atom. The predicted molar refractivity (Wildman–Crippen MR) is 89.0 cm³/mol. The van der Waals surface area contributed by atoms with Crippen molar-refractivity contribution >= 4 is 11.9 Å². The average Bonchev–Trinajstić information content (AvgIpc) is 2.77. The summed E-state index contributed by atoms with van der Waals surface area (Å²) in [6, 6.07) is 0. The van der Waals surface area contributed by atoms with Crippen LogP contribution in [0, 0.1) is 5.92 Å². The van der Waals surface area contributed by atoms with E-state index in [-0.39, 0.29) is 5.82 Å². The van der Waals surface area contributed by atoms with Crippen molar-refractivity contribution in [2.45, 2.75) is 51.7 Å². The van der Waals surface area contributed by atoms with Crippen LogP contribution in [0.5, 0.6) is 0 Å². The molecule has 8 nitrogen and oxygen atoms in total. The van der Waals surface area contributed by atoms with Crippen molar-refractivity contribution in [3.63, 3.8) is 0 Å². The van der Waals surface area contributed by atoms with Crippen LogP contribution in [0.1, 0.15) is 39.0 Å². The van der Waals surface area contributed by atoms with Gasteiger partial charge < -0.3 is 25.8 Å². The Kier molecular flexibility index (Phi) is 5.76. The summed E-state index contributed by atoms with van der Waals surface area (Å²) >= 11 is 0. The second-order valence-corrected chi connectivity index (χ2v) is 6.59. The first-order valence-electron chi connectivity index (χ1n) is 7.92. The third-order valence-electron chi connectivity index (χ3n) is 3.93. The van der Waals surface area contributed by atoms with Crippen molar-refractivity contribution in [2.75, 3.05) is 12.3 Å². The van der Waals surface area contributed by atoms with Gasteiger partial charge in [0.05, 0.1) is 6.61 Å². The molecule has 134 valence electrons. The Morgan fingerprint density at radius 3 is 2.67 bits per heavy atom. The molecule has 0 radical (unpaired) electrons. The number of rotatable bonds is 5. The molecule has 0 saturated carbocycles. The van der Waals surface area contributed by atoms with Gasteiger partial charge in [-0.2, -0.15) is 4.98 Å². The van der Waals surface area contributed by atoms with Gasteiger partial charge in [0.2, 0.25) is 0 Å². The van der Waals surface area contributed by atoms with E-state index in [9.17, 15) is 15.0 Å². The Bertz CT molecular complexity index is 670. The van der Waals surface area contributed by atoms with E-state index in [0.29, 0.717) is 11.5 Å². The van der Waals surface area contributed by atoms with Crippen LogP contribution < -0.4 is 11.4 Å². The third-order valence-corrected chi connectivity index (χ3v) is 3.93. The fourth-order valence-electron chi connectivity index (χ4n) is 2.87. The van der Waals surface area contributed by atoms with Gasteiger partial charge in [-0.05, 0) is 19.3 Å². The lowest BCUT2D eigenvalue weighted by Gasteiger charge is -2.18. The molecule has 1 aliphatic rings. The molecule has 24 heavy (non-hydrogen) atoms. The summed E-state index contributed by atoms with van der Waals surface area (Å²) in [7, 11) is 0. The van der Waals surface area contributed by atoms with Crippen LogP contribution in [0.4, 0.5) is 5.82 Å². The molecule has 2 heterocycles. The van der Waals surface area contributed by atoms with E-state index in [0.717, 1.165) is 16.6 Å². The SMILES string of the molecule is C/C(=C/c1cn([C@@H]2O[C@H](CO)[C@@H](O)[C@H]2O)c(=O)nc1N)CC(C)C. The molecule has 5 N–H and O–H groups in total. The van der Waals surface area contributed by atoms with Crippen LogP contribution in [-0.4, -0.2) is 49.8 Å². The fourth-order valence-corrected chi connectivity index (χ4v) is 2.87. The Balaban J connectivity index is 2.39. The van der Waals surface area contributed by atoms with Crippen molar-refractivity contribution in [2.24, 2.45) is 5.92 Å². The van der Waals surface area contributed by atoms with Crippen LogP contribution in [0.2, 0.25) is 0 Å². The minimum absolute atomic E-state index is 0.0890. The molecule has 0 spiro atoms. The highest BCUT2D eigenvalue weighted by atomic mass is 16.6. The Hall–Kier alpha value is -1.74. The summed E-state index contributed by atoms with van der Waals surface area (Å²) < 4.78 is 6.47. The highest BCUT2D eigenvalue weighted by Crippen LogP contribution is 2.29. The zero-order valence-electron chi connectivity index (χ0n) is 14.1. The standard InChI is InChI=1S/C16H25N3O5/c1-8(2)4-9(3)5-10-6-19(16(23)18-14(10)17)15-13(22)12(21)11(7-20)24-15/h5-6,8,11-13,15,20-22H,4,7H2,1-3H3,(H2,17,18,23)/b9-5-/t11-,12-,13-,15-/m1/s1. The quantitative estimate of drug-likeness (QED) is 0.588. The number of aliphatic hydroxyl groups excluding tert-OH is 3. The number of nitrogens with two attached hydrogens (primary N) is 1. The van der Waals surface area contributed by atoms with Crippen molar-refractivity contribution < 1.29 is 20.1 Å². The van der Waals surface area contributed by atoms with Gasteiger partial charge in [-0.3, -0.25) is 4.57 Å². The summed E-state index contributed by atoms with van der Waals surface area (Å²) in [6.45, 7) is 5.69. The molecule has 1 saturated heterocycles. The molecule has 1 aromatic heterocycles. The van der Waals surface area contributed by atoms with E-state index >= 15 is 0 Å². The number of anilines is 1. The predicted octanol–water partition coefficient (Wildman–Crippen LogP) is -0.114. The minimum atomic E-state index is -1.35. The molecule has 2 rings (SSSR count). The molecule has 0 bridgehead atoms. The summed E-state index contributed by atoms with van der Waals surface area (Å²) in [6.07, 6.45) is -0.572. The number of aromatic nitrogens is 2. The van der Waals surface area contributed by atoms with Crippen LogP contribution >= 0.6 is 0 Å². The number of ether oxygens (including phenoxy) is 1. The minimum Gasteiger partial charge on any atom is -0.394 e. The highest BCUT2D eigenvalue weighted by Gasteiger charge is 2.43. The average molecular weight is 339 g/mol. The van der Waals surface area contributed by atoms with Crippen LogP contribution in [0.3, 0.4) is 0 Å². The number of hydrogen-bond donors (Lipinski definition) is 4. The summed E-state index contributed by atoms with van der Waals surface area (Å²) in [5.41, 5.74) is 6.74. The largest absolute Gasteiger partial charge is 0.394 e. The van der Waals surface area contributed by atoms with Crippen molar-refractivity contribution in [3.05, 3.63) is 27.8 Å². The number of hydrogen-bond acceptors (Lipinski definition) is 7. The molecule has 4 atom stereocenters. The Morgan fingerprint density at radius 2 is 2.12 bits per heavy atom. The van der Waals surface area contributed by atoms with E-state index < -0.39 is 36.8 Å². The lowest BCUT2D eigenvalue weighted by Crippen LogP contribution is -2.36. The molecular weight excluding hydrogens is 314 g/mol. The maximum Gasteiger partial charge on any atom is 0.351 e. The second-order valence-electron chi connectivity index (χ2n) is 6.59. The van der Waals surface area contributed by atoms with Gasteiger partial charge in [0, 0.05) is 11.8 Å². The first kappa shape index (κ1) is 18.6. The smallest absolute Gasteiger partial charge is 0.351 e.